The van der Waals surface area contributed by atoms with Crippen molar-refractivity contribution >= 4 is 29.1 Å². The highest BCUT2D eigenvalue weighted by Gasteiger charge is 2.31. The van der Waals surface area contributed by atoms with Gasteiger partial charge in [0, 0.05) is 43.8 Å². The Labute approximate surface area is 166 Å². The second kappa shape index (κ2) is 8.43. The second-order valence-corrected chi connectivity index (χ2v) is 7.20. The Bertz CT molecular complexity index is 884. The molecule has 0 bridgehead atoms. The molecule has 0 N–H and O–H groups in total. The molecule has 1 fully saturated rings. The number of non-ortho nitro benzene ring substituents is 1. The minimum Gasteiger partial charge on any atom is -0.459 e. The van der Waals surface area contributed by atoms with Crippen molar-refractivity contribution in [2.75, 3.05) is 20.1 Å². The van der Waals surface area contributed by atoms with Crippen molar-refractivity contribution in [1.29, 1.82) is 0 Å². The van der Waals surface area contributed by atoms with E-state index in [1.54, 1.807) is 24.1 Å². The lowest BCUT2D eigenvalue weighted by molar-refractivity contribution is -0.384. The number of rotatable bonds is 5. The molecule has 2 aromatic rings. The highest BCUT2D eigenvalue weighted by molar-refractivity contribution is 6.31. The van der Waals surface area contributed by atoms with Gasteiger partial charge in [-0.3, -0.25) is 19.7 Å². The molecule has 1 saturated heterocycles. The van der Waals surface area contributed by atoms with E-state index in [9.17, 15) is 19.7 Å². The number of carbonyl (C=O) groups excluding carboxylic acids is 2. The zero-order chi connectivity index (χ0) is 20.3. The molecule has 0 aliphatic carbocycles. The number of amides is 2. The lowest BCUT2D eigenvalue weighted by Crippen LogP contribution is -2.45. The first-order chi connectivity index (χ1) is 13.4. The minimum atomic E-state index is -0.499. The van der Waals surface area contributed by atoms with Gasteiger partial charge in [0.2, 0.25) is 5.91 Å². The van der Waals surface area contributed by atoms with Gasteiger partial charge in [0.05, 0.1) is 17.1 Å². The molecule has 1 aromatic carbocycles. The van der Waals surface area contributed by atoms with Crippen molar-refractivity contribution in [2.24, 2.45) is 5.92 Å². The van der Waals surface area contributed by atoms with Gasteiger partial charge in [0.1, 0.15) is 0 Å². The smallest absolute Gasteiger partial charge is 0.289 e. The summed E-state index contributed by atoms with van der Waals surface area (Å²) >= 11 is 6.13. The number of carbonyl (C=O) groups is 2. The molecular weight excluding hydrogens is 386 g/mol. The van der Waals surface area contributed by atoms with Crippen molar-refractivity contribution in [3.63, 3.8) is 0 Å². The number of piperidine rings is 1. The average Bonchev–Trinajstić information content (AvgIpc) is 3.23. The van der Waals surface area contributed by atoms with Crippen molar-refractivity contribution in [2.45, 2.75) is 19.4 Å². The molecular formula is C19H20ClN3O5. The summed E-state index contributed by atoms with van der Waals surface area (Å²) in [6.07, 6.45) is 2.83. The van der Waals surface area contributed by atoms with Gasteiger partial charge in [0.15, 0.2) is 5.76 Å². The highest BCUT2D eigenvalue weighted by Crippen LogP contribution is 2.25. The summed E-state index contributed by atoms with van der Waals surface area (Å²) in [5, 5.41) is 11.3. The van der Waals surface area contributed by atoms with Crippen LogP contribution in [0.5, 0.6) is 0 Å². The zero-order valence-electron chi connectivity index (χ0n) is 15.3. The van der Waals surface area contributed by atoms with Crippen LogP contribution < -0.4 is 0 Å². The Morgan fingerprint density at radius 1 is 1.39 bits per heavy atom. The molecule has 0 spiro atoms. The summed E-state index contributed by atoms with van der Waals surface area (Å²) in [5.41, 5.74) is 0.430. The van der Waals surface area contributed by atoms with Crippen LogP contribution >= 0.6 is 11.6 Å². The summed E-state index contributed by atoms with van der Waals surface area (Å²) in [5.74, 6) is -0.439. The van der Waals surface area contributed by atoms with Crippen LogP contribution in [0.2, 0.25) is 5.02 Å². The molecule has 1 aromatic heterocycles. The first-order valence-electron chi connectivity index (χ1n) is 8.87. The van der Waals surface area contributed by atoms with E-state index in [1.807, 2.05) is 0 Å². The van der Waals surface area contributed by atoms with E-state index in [2.05, 4.69) is 0 Å². The quantitative estimate of drug-likeness (QED) is 0.561. The predicted octanol–water partition coefficient (Wildman–Crippen LogP) is 3.35. The summed E-state index contributed by atoms with van der Waals surface area (Å²) in [7, 11) is 1.63. The zero-order valence-corrected chi connectivity index (χ0v) is 16.1. The highest BCUT2D eigenvalue weighted by atomic mass is 35.5. The fourth-order valence-corrected chi connectivity index (χ4v) is 3.54. The maximum absolute atomic E-state index is 12.9. The first kappa shape index (κ1) is 19.9. The third-order valence-corrected chi connectivity index (χ3v) is 5.18. The molecule has 1 aliphatic heterocycles. The van der Waals surface area contributed by atoms with Crippen molar-refractivity contribution < 1.29 is 18.9 Å². The topological polar surface area (TPSA) is 96.9 Å². The molecule has 1 atom stereocenters. The number of nitro benzene ring substituents is 1. The largest absolute Gasteiger partial charge is 0.459 e. The van der Waals surface area contributed by atoms with E-state index >= 15 is 0 Å². The molecule has 8 nitrogen and oxygen atoms in total. The van der Waals surface area contributed by atoms with Crippen molar-refractivity contribution in [3.05, 3.63) is 63.1 Å². The van der Waals surface area contributed by atoms with Gasteiger partial charge in [-0.15, -0.1) is 0 Å². The summed E-state index contributed by atoms with van der Waals surface area (Å²) in [4.78, 5) is 38.9. The fourth-order valence-electron chi connectivity index (χ4n) is 3.36. The van der Waals surface area contributed by atoms with E-state index in [0.29, 0.717) is 36.5 Å². The summed E-state index contributed by atoms with van der Waals surface area (Å²) in [6.45, 7) is 1.04. The van der Waals surface area contributed by atoms with Crippen LogP contribution in [0.4, 0.5) is 5.69 Å². The number of hydrogen-bond donors (Lipinski definition) is 0. The number of furan rings is 1. The molecule has 0 saturated carbocycles. The number of nitrogens with zero attached hydrogens (tertiary/aromatic N) is 3. The maximum Gasteiger partial charge on any atom is 0.289 e. The molecule has 1 unspecified atom stereocenters. The third kappa shape index (κ3) is 4.33. The van der Waals surface area contributed by atoms with Crippen LogP contribution in [-0.4, -0.2) is 46.7 Å². The monoisotopic (exact) mass is 405 g/mol. The van der Waals surface area contributed by atoms with Crippen LogP contribution in [0.25, 0.3) is 0 Å². The molecule has 9 heteroatoms. The normalized spacial score (nSPS) is 16.6. The van der Waals surface area contributed by atoms with Gasteiger partial charge in [-0.1, -0.05) is 11.6 Å². The van der Waals surface area contributed by atoms with E-state index in [4.69, 9.17) is 16.0 Å². The Balaban J connectivity index is 1.67. The first-order valence-corrected chi connectivity index (χ1v) is 9.25. The van der Waals surface area contributed by atoms with Crippen LogP contribution in [0.3, 0.4) is 0 Å². The lowest BCUT2D eigenvalue weighted by Gasteiger charge is -2.33. The van der Waals surface area contributed by atoms with Gasteiger partial charge in [-0.2, -0.15) is 0 Å². The molecule has 28 heavy (non-hydrogen) atoms. The van der Waals surface area contributed by atoms with Gasteiger partial charge >= 0.3 is 0 Å². The molecule has 148 valence electrons. The van der Waals surface area contributed by atoms with Crippen LogP contribution in [0.1, 0.15) is 29.0 Å². The Kier molecular flexibility index (Phi) is 5.99. The summed E-state index contributed by atoms with van der Waals surface area (Å²) in [6, 6.07) is 7.41. The summed E-state index contributed by atoms with van der Waals surface area (Å²) < 4.78 is 5.16. The number of benzene rings is 1. The fraction of sp³-hybridized carbons (Fsp3) is 0.368. The number of likely N-dealkylation sites (tertiary alicyclic amines) is 1. The van der Waals surface area contributed by atoms with Crippen LogP contribution in [0.15, 0.2) is 41.0 Å². The van der Waals surface area contributed by atoms with E-state index in [0.717, 1.165) is 0 Å². The SMILES string of the molecule is CN(Cc1cc([N+](=O)[O-])ccc1Cl)C(=O)C1CCCN(C(=O)c2ccco2)C1. The lowest BCUT2D eigenvalue weighted by atomic mass is 9.96. The second-order valence-electron chi connectivity index (χ2n) is 6.79. The number of nitro groups is 1. The van der Waals surface area contributed by atoms with Gasteiger partial charge < -0.3 is 14.2 Å². The van der Waals surface area contributed by atoms with Crippen LogP contribution in [0, 0.1) is 16.0 Å². The minimum absolute atomic E-state index is 0.0758. The van der Waals surface area contributed by atoms with E-state index in [-0.39, 0.29) is 35.7 Å². The molecule has 3 rings (SSSR count). The average molecular weight is 406 g/mol. The van der Waals surface area contributed by atoms with Gasteiger partial charge in [-0.25, -0.2) is 0 Å². The molecule has 1 aliphatic rings. The van der Waals surface area contributed by atoms with E-state index < -0.39 is 4.92 Å². The predicted molar refractivity (Wildman–Crippen MR) is 102 cm³/mol. The molecule has 0 radical (unpaired) electrons. The molecule has 2 amide bonds. The Hall–Kier alpha value is -2.87. The number of hydrogen-bond acceptors (Lipinski definition) is 5. The van der Waals surface area contributed by atoms with E-state index in [1.165, 1.54) is 29.4 Å². The Morgan fingerprint density at radius 2 is 2.18 bits per heavy atom. The third-order valence-electron chi connectivity index (χ3n) is 4.81. The van der Waals surface area contributed by atoms with Crippen LogP contribution in [-0.2, 0) is 11.3 Å². The Morgan fingerprint density at radius 3 is 2.86 bits per heavy atom. The van der Waals surface area contributed by atoms with Gasteiger partial charge in [-0.05, 0) is 36.6 Å². The number of halogens is 1. The standard InChI is InChI=1S/C19H20ClN3O5/c1-21(11-14-10-15(23(26)27)6-7-16(14)20)18(24)13-4-2-8-22(12-13)19(25)17-5-3-9-28-17/h3,5-7,9-10,13H,2,4,8,11-12H2,1H3. The maximum atomic E-state index is 12.9. The van der Waals surface area contributed by atoms with Crippen molar-refractivity contribution in [1.82, 2.24) is 9.80 Å². The molecule has 2 heterocycles. The van der Waals surface area contributed by atoms with Crippen molar-refractivity contribution in [3.8, 4) is 0 Å². The van der Waals surface area contributed by atoms with Gasteiger partial charge in [0.25, 0.3) is 11.6 Å².